The van der Waals surface area contributed by atoms with Crippen LogP contribution in [0.25, 0.3) is 11.1 Å². The first-order chi connectivity index (χ1) is 10.3. The second kappa shape index (κ2) is 4.65. The van der Waals surface area contributed by atoms with Crippen LogP contribution < -0.4 is 5.32 Å². The summed E-state index contributed by atoms with van der Waals surface area (Å²) in [5.74, 6) is 0.179. The third kappa shape index (κ3) is 1.86. The van der Waals surface area contributed by atoms with E-state index in [0.29, 0.717) is 0 Å². The van der Waals surface area contributed by atoms with Gasteiger partial charge in [-0.1, -0.05) is 25.3 Å². The first-order valence-electron chi connectivity index (χ1n) is 7.51. The molecule has 1 N–H and O–H groups in total. The van der Waals surface area contributed by atoms with Gasteiger partial charge in [-0.05, 0) is 36.1 Å². The summed E-state index contributed by atoms with van der Waals surface area (Å²) in [5.41, 5.74) is 3.90. The minimum Gasteiger partial charge on any atom is -0.325 e. The van der Waals surface area contributed by atoms with E-state index in [4.69, 9.17) is 0 Å². The van der Waals surface area contributed by atoms with Gasteiger partial charge in [-0.3, -0.25) is 4.79 Å². The molecule has 106 valence electrons. The number of rotatable bonds is 1. The molecule has 1 aromatic heterocycles. The number of benzene rings is 1. The van der Waals surface area contributed by atoms with Crippen LogP contribution in [0.5, 0.6) is 0 Å². The molecule has 2 heterocycles. The molecule has 1 fully saturated rings. The van der Waals surface area contributed by atoms with Gasteiger partial charge in [0.25, 0.3) is 0 Å². The highest BCUT2D eigenvalue weighted by molar-refractivity contribution is 6.06. The van der Waals surface area contributed by atoms with E-state index in [2.05, 4.69) is 21.4 Å². The van der Waals surface area contributed by atoms with Crippen molar-refractivity contribution in [3.8, 4) is 11.1 Å². The van der Waals surface area contributed by atoms with Crippen LogP contribution >= 0.6 is 0 Å². The van der Waals surface area contributed by atoms with Crippen molar-refractivity contribution in [1.82, 2.24) is 9.97 Å². The summed E-state index contributed by atoms with van der Waals surface area (Å²) in [6.07, 6.45) is 10.6. The highest BCUT2D eigenvalue weighted by Gasteiger charge is 2.47. The molecule has 0 unspecified atom stereocenters. The summed E-state index contributed by atoms with van der Waals surface area (Å²) >= 11 is 0. The van der Waals surface area contributed by atoms with Gasteiger partial charge in [0.05, 0.1) is 5.41 Å². The Balaban J connectivity index is 1.83. The van der Waals surface area contributed by atoms with Crippen molar-refractivity contribution in [3.63, 3.8) is 0 Å². The number of anilines is 1. The molecule has 0 radical (unpaired) electrons. The van der Waals surface area contributed by atoms with E-state index >= 15 is 0 Å². The molecule has 1 saturated carbocycles. The molecular weight excluding hydrogens is 262 g/mol. The van der Waals surface area contributed by atoms with Gasteiger partial charge in [0.2, 0.25) is 5.91 Å². The monoisotopic (exact) mass is 279 g/mol. The third-order valence-corrected chi connectivity index (χ3v) is 4.82. The van der Waals surface area contributed by atoms with Crippen LogP contribution in [0.4, 0.5) is 5.69 Å². The van der Waals surface area contributed by atoms with Gasteiger partial charge in [-0.25, -0.2) is 9.97 Å². The predicted molar refractivity (Wildman–Crippen MR) is 80.9 cm³/mol. The van der Waals surface area contributed by atoms with Gasteiger partial charge in [-0.15, -0.1) is 0 Å². The number of nitrogens with zero attached hydrogens (tertiary/aromatic N) is 2. The van der Waals surface area contributed by atoms with Crippen molar-refractivity contribution >= 4 is 11.6 Å². The Kier molecular flexibility index (Phi) is 2.77. The third-order valence-electron chi connectivity index (χ3n) is 4.82. The van der Waals surface area contributed by atoms with Crippen molar-refractivity contribution in [3.05, 3.63) is 42.5 Å². The number of hydrogen-bond acceptors (Lipinski definition) is 3. The lowest BCUT2D eigenvalue weighted by atomic mass is 9.70. The zero-order chi connectivity index (χ0) is 14.3. The molecule has 2 aromatic rings. The topological polar surface area (TPSA) is 54.9 Å². The molecule has 1 aliphatic carbocycles. The van der Waals surface area contributed by atoms with Crippen molar-refractivity contribution in [2.24, 2.45) is 0 Å². The first kappa shape index (κ1) is 12.5. The predicted octanol–water partition coefficient (Wildman–Crippen LogP) is 3.30. The zero-order valence-corrected chi connectivity index (χ0v) is 11.8. The van der Waals surface area contributed by atoms with Crippen LogP contribution in [0, 0.1) is 0 Å². The molecule has 4 heteroatoms. The summed E-state index contributed by atoms with van der Waals surface area (Å²) in [6.45, 7) is 0. The van der Waals surface area contributed by atoms with Gasteiger partial charge in [0.1, 0.15) is 6.33 Å². The summed E-state index contributed by atoms with van der Waals surface area (Å²) in [5, 5.41) is 3.07. The van der Waals surface area contributed by atoms with Crippen LogP contribution in [0.2, 0.25) is 0 Å². The smallest absolute Gasteiger partial charge is 0.235 e. The minimum atomic E-state index is -0.306. The Hall–Kier alpha value is -2.23. The average Bonchev–Trinajstić information content (AvgIpc) is 2.81. The summed E-state index contributed by atoms with van der Waals surface area (Å²) in [6, 6.07) is 6.19. The van der Waals surface area contributed by atoms with E-state index in [-0.39, 0.29) is 11.3 Å². The van der Waals surface area contributed by atoms with Crippen LogP contribution in [0.1, 0.15) is 37.7 Å². The summed E-state index contributed by atoms with van der Waals surface area (Å²) in [4.78, 5) is 20.7. The number of hydrogen-bond donors (Lipinski definition) is 1. The Morgan fingerprint density at radius 2 is 1.76 bits per heavy atom. The molecule has 0 atom stereocenters. The number of fused-ring (bicyclic) bond motifs is 2. The van der Waals surface area contributed by atoms with Crippen LogP contribution in [-0.4, -0.2) is 15.9 Å². The molecule has 1 aliphatic heterocycles. The number of nitrogens with one attached hydrogen (secondary N) is 1. The van der Waals surface area contributed by atoms with Gasteiger partial charge < -0.3 is 5.32 Å². The second-order valence-electron chi connectivity index (χ2n) is 5.98. The van der Waals surface area contributed by atoms with E-state index in [0.717, 1.165) is 48.1 Å². The second-order valence-corrected chi connectivity index (χ2v) is 5.98. The molecule has 21 heavy (non-hydrogen) atoms. The molecule has 1 spiro atoms. The van der Waals surface area contributed by atoms with Crippen LogP contribution in [0.15, 0.2) is 36.9 Å². The fourth-order valence-corrected chi connectivity index (χ4v) is 3.69. The fourth-order valence-electron chi connectivity index (χ4n) is 3.69. The highest BCUT2D eigenvalue weighted by Crippen LogP contribution is 2.48. The normalized spacial score (nSPS) is 19.3. The maximum absolute atomic E-state index is 12.5. The van der Waals surface area contributed by atoms with E-state index in [9.17, 15) is 4.79 Å². The molecule has 0 bridgehead atoms. The number of aromatic nitrogens is 2. The maximum atomic E-state index is 12.5. The van der Waals surface area contributed by atoms with Crippen molar-refractivity contribution in [2.45, 2.75) is 37.5 Å². The average molecular weight is 279 g/mol. The van der Waals surface area contributed by atoms with E-state index < -0.39 is 0 Å². The van der Waals surface area contributed by atoms with Gasteiger partial charge in [0.15, 0.2) is 0 Å². The Morgan fingerprint density at radius 3 is 2.52 bits per heavy atom. The Bertz CT molecular complexity index is 690. The lowest BCUT2D eigenvalue weighted by Crippen LogP contribution is -2.36. The van der Waals surface area contributed by atoms with Crippen LogP contribution in [-0.2, 0) is 10.2 Å². The van der Waals surface area contributed by atoms with E-state index in [1.54, 1.807) is 0 Å². The van der Waals surface area contributed by atoms with E-state index in [1.165, 1.54) is 12.7 Å². The van der Waals surface area contributed by atoms with E-state index in [1.807, 2.05) is 24.5 Å². The summed E-state index contributed by atoms with van der Waals surface area (Å²) < 4.78 is 0. The fraction of sp³-hybridized carbons (Fsp3) is 0.353. The first-order valence-corrected chi connectivity index (χ1v) is 7.51. The van der Waals surface area contributed by atoms with Crippen molar-refractivity contribution in [2.75, 3.05) is 5.32 Å². The molecule has 4 rings (SSSR count). The lowest BCUT2D eigenvalue weighted by Gasteiger charge is -2.31. The van der Waals surface area contributed by atoms with Gasteiger partial charge >= 0.3 is 0 Å². The molecule has 0 saturated heterocycles. The quantitative estimate of drug-likeness (QED) is 0.871. The number of carbonyl (C=O) groups is 1. The van der Waals surface area contributed by atoms with Gasteiger partial charge in [-0.2, -0.15) is 0 Å². The molecule has 2 aliphatic rings. The maximum Gasteiger partial charge on any atom is 0.235 e. The highest BCUT2D eigenvalue weighted by atomic mass is 16.2. The molecule has 1 aromatic carbocycles. The molecule has 4 nitrogen and oxygen atoms in total. The van der Waals surface area contributed by atoms with Gasteiger partial charge in [0, 0.05) is 23.6 Å². The van der Waals surface area contributed by atoms with Crippen molar-refractivity contribution in [1.29, 1.82) is 0 Å². The number of carbonyl (C=O) groups excluding carboxylic acids is 1. The van der Waals surface area contributed by atoms with Crippen LogP contribution in [0.3, 0.4) is 0 Å². The standard InChI is InChI=1S/C17H17N3O/c21-16-17(6-2-1-3-7-17)14-8-12(4-5-15(14)20-16)13-9-18-11-19-10-13/h4-5,8-11H,1-3,6-7H2,(H,20,21). The minimum absolute atomic E-state index is 0.179. The SMILES string of the molecule is O=C1Nc2ccc(-c3cncnc3)cc2C12CCCCC2. The zero-order valence-electron chi connectivity index (χ0n) is 11.8. The molecular formula is C17H17N3O. The lowest BCUT2D eigenvalue weighted by molar-refractivity contribution is -0.121. The number of amides is 1. The molecule has 1 amide bonds. The largest absolute Gasteiger partial charge is 0.325 e. The summed E-state index contributed by atoms with van der Waals surface area (Å²) in [7, 11) is 0. The Labute approximate surface area is 123 Å². The van der Waals surface area contributed by atoms with Crippen molar-refractivity contribution < 1.29 is 4.79 Å². The Morgan fingerprint density at radius 1 is 1.00 bits per heavy atom.